The Morgan fingerprint density at radius 3 is 2.26 bits per heavy atom. The molecule has 0 spiro atoms. The molecule has 1 aliphatic rings. The predicted octanol–water partition coefficient (Wildman–Crippen LogP) is 4.68. The van der Waals surface area contributed by atoms with Crippen molar-refractivity contribution in [2.45, 2.75) is 11.7 Å². The molecular formula is C23H18N4O3S. The number of amidine groups is 1. The van der Waals surface area contributed by atoms with E-state index in [9.17, 15) is 14.9 Å². The number of thioether (sulfide) groups is 1. The number of hydrogen-bond acceptors (Lipinski definition) is 6. The van der Waals surface area contributed by atoms with Crippen LogP contribution in [-0.2, 0) is 11.2 Å². The highest BCUT2D eigenvalue weighted by atomic mass is 32.2. The van der Waals surface area contributed by atoms with Crippen molar-refractivity contribution in [3.05, 3.63) is 106 Å². The molecule has 1 heterocycles. The van der Waals surface area contributed by atoms with E-state index in [1.807, 2.05) is 60.7 Å². The SMILES string of the molecule is O=C1[C@H](Cc2ccccc2)S/C(=N\N=C/c2ccc([N+](=O)[O-])cc2)N1c1ccccc1. The highest BCUT2D eigenvalue weighted by Gasteiger charge is 2.39. The molecule has 0 saturated carbocycles. The van der Waals surface area contributed by atoms with Crippen LogP contribution in [0.5, 0.6) is 0 Å². The second-order valence-electron chi connectivity index (χ2n) is 6.78. The van der Waals surface area contributed by atoms with E-state index in [1.165, 1.54) is 30.1 Å². The number of nitrogens with zero attached hydrogens (tertiary/aromatic N) is 4. The summed E-state index contributed by atoms with van der Waals surface area (Å²) in [7, 11) is 0. The molecule has 0 unspecified atom stereocenters. The molecule has 1 aliphatic heterocycles. The lowest BCUT2D eigenvalue weighted by Gasteiger charge is -2.15. The summed E-state index contributed by atoms with van der Waals surface area (Å²) in [5, 5.41) is 19.4. The zero-order valence-corrected chi connectivity index (χ0v) is 17.2. The molecule has 3 aromatic rings. The summed E-state index contributed by atoms with van der Waals surface area (Å²) in [4.78, 5) is 25.1. The van der Waals surface area contributed by atoms with Gasteiger partial charge in [-0.3, -0.25) is 19.8 Å². The van der Waals surface area contributed by atoms with Crippen LogP contribution in [0, 0.1) is 10.1 Å². The van der Waals surface area contributed by atoms with Gasteiger partial charge in [-0.2, -0.15) is 5.10 Å². The van der Waals surface area contributed by atoms with Gasteiger partial charge in [0.15, 0.2) is 5.17 Å². The van der Waals surface area contributed by atoms with E-state index in [2.05, 4.69) is 10.2 Å². The van der Waals surface area contributed by atoms with Crippen molar-refractivity contribution in [2.75, 3.05) is 4.90 Å². The van der Waals surface area contributed by atoms with Crippen molar-refractivity contribution in [1.82, 2.24) is 0 Å². The van der Waals surface area contributed by atoms with Crippen LogP contribution in [0.25, 0.3) is 0 Å². The van der Waals surface area contributed by atoms with Crippen LogP contribution in [-0.4, -0.2) is 27.5 Å². The summed E-state index contributed by atoms with van der Waals surface area (Å²) >= 11 is 1.38. The first kappa shape index (κ1) is 20.5. The smallest absolute Gasteiger partial charge is 0.269 e. The molecule has 0 bridgehead atoms. The predicted molar refractivity (Wildman–Crippen MR) is 124 cm³/mol. The monoisotopic (exact) mass is 430 g/mol. The van der Waals surface area contributed by atoms with Crippen molar-refractivity contribution >= 4 is 40.4 Å². The van der Waals surface area contributed by atoms with Crippen molar-refractivity contribution in [3.63, 3.8) is 0 Å². The third-order valence-corrected chi connectivity index (χ3v) is 5.79. The number of anilines is 1. The summed E-state index contributed by atoms with van der Waals surface area (Å²) in [6, 6.07) is 25.2. The maximum atomic E-state index is 13.2. The maximum absolute atomic E-state index is 13.2. The topological polar surface area (TPSA) is 88.2 Å². The second kappa shape index (κ2) is 9.36. The Labute approximate surface area is 183 Å². The average Bonchev–Trinajstić information content (AvgIpc) is 3.10. The second-order valence-corrected chi connectivity index (χ2v) is 7.95. The van der Waals surface area contributed by atoms with Crippen molar-refractivity contribution in [2.24, 2.45) is 10.2 Å². The normalized spacial score (nSPS) is 17.5. The average molecular weight is 430 g/mol. The number of hydrogen-bond donors (Lipinski definition) is 0. The van der Waals surface area contributed by atoms with Gasteiger partial charge in [0, 0.05) is 12.1 Å². The summed E-state index contributed by atoms with van der Waals surface area (Å²) in [6.45, 7) is 0. The first-order valence-corrected chi connectivity index (χ1v) is 10.4. The molecule has 1 atom stereocenters. The Bertz CT molecular complexity index is 1130. The van der Waals surface area contributed by atoms with E-state index < -0.39 is 4.92 Å². The Kier molecular flexibility index (Phi) is 6.18. The molecule has 0 N–H and O–H groups in total. The van der Waals surface area contributed by atoms with Crippen LogP contribution in [0.15, 0.2) is 95.1 Å². The standard InChI is InChI=1S/C23H18N4O3S/c28-22-21(15-17-7-3-1-4-8-17)31-23(26(22)19-9-5-2-6-10-19)25-24-16-18-11-13-20(14-12-18)27(29)30/h1-14,16,21H,15H2/b24-16-,25-23-/t21-/m0/s1. The van der Waals surface area contributed by atoms with Gasteiger partial charge in [0.1, 0.15) is 0 Å². The van der Waals surface area contributed by atoms with Crippen molar-refractivity contribution < 1.29 is 9.72 Å². The van der Waals surface area contributed by atoms with Gasteiger partial charge < -0.3 is 0 Å². The Hall–Kier alpha value is -3.78. The third-order valence-electron chi connectivity index (χ3n) is 4.67. The van der Waals surface area contributed by atoms with Crippen molar-refractivity contribution in [3.8, 4) is 0 Å². The number of nitro benzene ring substituents is 1. The molecule has 1 saturated heterocycles. The number of carbonyl (C=O) groups is 1. The van der Waals surface area contributed by atoms with Crippen LogP contribution in [0.3, 0.4) is 0 Å². The van der Waals surface area contributed by atoms with E-state index in [-0.39, 0.29) is 16.8 Å². The molecule has 3 aromatic carbocycles. The van der Waals surface area contributed by atoms with Gasteiger partial charge in [0.05, 0.1) is 22.1 Å². The van der Waals surface area contributed by atoms with Gasteiger partial charge >= 0.3 is 0 Å². The molecule has 7 nitrogen and oxygen atoms in total. The van der Waals surface area contributed by atoms with Gasteiger partial charge in [0.2, 0.25) is 5.91 Å². The fraction of sp³-hybridized carbons (Fsp3) is 0.0870. The first-order chi connectivity index (χ1) is 15.1. The molecule has 31 heavy (non-hydrogen) atoms. The van der Waals surface area contributed by atoms with Gasteiger partial charge in [-0.25, -0.2) is 0 Å². The van der Waals surface area contributed by atoms with Crippen LogP contribution in [0.2, 0.25) is 0 Å². The van der Waals surface area contributed by atoms with E-state index in [0.717, 1.165) is 11.3 Å². The lowest BCUT2D eigenvalue weighted by molar-refractivity contribution is -0.384. The molecule has 8 heteroatoms. The number of benzene rings is 3. The summed E-state index contributed by atoms with van der Waals surface area (Å²) < 4.78 is 0. The van der Waals surface area contributed by atoms with Crippen LogP contribution in [0.1, 0.15) is 11.1 Å². The molecule has 1 amide bonds. The van der Waals surface area contributed by atoms with E-state index in [4.69, 9.17) is 0 Å². The molecule has 154 valence electrons. The third kappa shape index (κ3) is 4.87. The number of rotatable bonds is 6. The fourth-order valence-electron chi connectivity index (χ4n) is 3.14. The molecule has 4 rings (SSSR count). The van der Waals surface area contributed by atoms with Gasteiger partial charge in [-0.05, 0) is 41.8 Å². The van der Waals surface area contributed by atoms with Crippen LogP contribution >= 0.6 is 11.8 Å². The molecule has 0 aliphatic carbocycles. The number of carbonyl (C=O) groups excluding carboxylic acids is 1. The largest absolute Gasteiger partial charge is 0.273 e. The summed E-state index contributed by atoms with van der Waals surface area (Å²) in [5.41, 5.74) is 2.51. The summed E-state index contributed by atoms with van der Waals surface area (Å²) in [5.74, 6) is -0.0376. The highest BCUT2D eigenvalue weighted by Crippen LogP contribution is 2.33. The molecule has 0 aromatic heterocycles. The van der Waals surface area contributed by atoms with E-state index in [0.29, 0.717) is 17.2 Å². The minimum absolute atomic E-state index is 0.0133. The lowest BCUT2D eigenvalue weighted by Crippen LogP contribution is -2.32. The zero-order chi connectivity index (χ0) is 21.6. The minimum atomic E-state index is -0.452. The number of non-ortho nitro benzene ring substituents is 1. The van der Waals surface area contributed by atoms with Gasteiger partial charge in [0.25, 0.3) is 5.69 Å². The quantitative estimate of drug-likeness (QED) is 0.323. The number of amides is 1. The zero-order valence-electron chi connectivity index (χ0n) is 16.4. The number of para-hydroxylation sites is 1. The Balaban J connectivity index is 1.58. The van der Waals surface area contributed by atoms with Gasteiger partial charge in [-0.1, -0.05) is 60.3 Å². The van der Waals surface area contributed by atoms with Crippen LogP contribution < -0.4 is 4.90 Å². The Morgan fingerprint density at radius 2 is 1.61 bits per heavy atom. The van der Waals surface area contributed by atoms with Crippen LogP contribution in [0.4, 0.5) is 11.4 Å². The first-order valence-electron chi connectivity index (χ1n) is 9.57. The maximum Gasteiger partial charge on any atom is 0.269 e. The fourth-order valence-corrected chi connectivity index (χ4v) is 4.27. The molecule has 1 fully saturated rings. The molecule has 0 radical (unpaired) electrons. The summed E-state index contributed by atoms with van der Waals surface area (Å²) in [6.07, 6.45) is 2.11. The highest BCUT2D eigenvalue weighted by molar-refractivity contribution is 8.16. The Morgan fingerprint density at radius 1 is 0.968 bits per heavy atom. The van der Waals surface area contributed by atoms with E-state index >= 15 is 0 Å². The molecular weight excluding hydrogens is 412 g/mol. The number of nitro groups is 1. The lowest BCUT2D eigenvalue weighted by atomic mass is 10.1. The van der Waals surface area contributed by atoms with Gasteiger partial charge in [-0.15, -0.1) is 5.10 Å². The van der Waals surface area contributed by atoms with E-state index in [1.54, 1.807) is 17.0 Å². The minimum Gasteiger partial charge on any atom is -0.273 e. The van der Waals surface area contributed by atoms with Crippen molar-refractivity contribution in [1.29, 1.82) is 0 Å².